The van der Waals surface area contributed by atoms with E-state index in [0.717, 1.165) is 32.5 Å². The quantitative estimate of drug-likeness (QED) is 0.693. The van der Waals surface area contributed by atoms with Gasteiger partial charge < -0.3 is 15.1 Å². The Morgan fingerprint density at radius 2 is 1.94 bits per heavy atom. The number of amides is 2. The Balaban J connectivity index is 1.21. The van der Waals surface area contributed by atoms with E-state index >= 15 is 0 Å². The van der Waals surface area contributed by atoms with Gasteiger partial charge in [0.05, 0.1) is 24.0 Å². The summed E-state index contributed by atoms with van der Waals surface area (Å²) in [5.41, 5.74) is 1.23. The molecule has 3 fully saturated rings. The highest BCUT2D eigenvalue weighted by molar-refractivity contribution is 7.08. The summed E-state index contributed by atoms with van der Waals surface area (Å²) in [6, 6.07) is 4.74. The Kier molecular flexibility index (Phi) is 6.49. The van der Waals surface area contributed by atoms with Crippen LogP contribution in [-0.2, 0) is 9.59 Å². The fraction of sp³-hybridized carbons (Fsp3) is 0.720. The predicted octanol–water partition coefficient (Wildman–Crippen LogP) is 3.03. The number of rotatable bonds is 6. The van der Waals surface area contributed by atoms with Crippen LogP contribution in [0.15, 0.2) is 21.8 Å². The van der Waals surface area contributed by atoms with Crippen molar-refractivity contribution in [2.75, 3.05) is 19.6 Å². The van der Waals surface area contributed by atoms with Gasteiger partial charge in [0.2, 0.25) is 11.8 Å². The van der Waals surface area contributed by atoms with E-state index in [2.05, 4.69) is 38.9 Å². The van der Waals surface area contributed by atoms with Crippen LogP contribution >= 0.6 is 11.3 Å². The van der Waals surface area contributed by atoms with Crippen LogP contribution in [0.1, 0.15) is 70.9 Å². The first-order chi connectivity index (χ1) is 15.9. The molecular weight excluding hydrogens is 434 g/mol. The van der Waals surface area contributed by atoms with Gasteiger partial charge in [-0.1, -0.05) is 0 Å². The van der Waals surface area contributed by atoms with E-state index < -0.39 is 0 Å². The summed E-state index contributed by atoms with van der Waals surface area (Å²) in [4.78, 5) is 36.0. The maximum absolute atomic E-state index is 11.9. The van der Waals surface area contributed by atoms with Crippen LogP contribution in [0.5, 0.6) is 0 Å². The number of fused-ring (bicyclic) bond motifs is 3. The largest absolute Gasteiger partial charge is 0.352 e. The minimum atomic E-state index is 0.0436. The Bertz CT molecular complexity index is 889. The number of nitrogens with one attached hydrogen (secondary N) is 1. The lowest BCUT2D eigenvalue weighted by Gasteiger charge is -2.47. The van der Waals surface area contributed by atoms with Gasteiger partial charge in [0.1, 0.15) is 0 Å². The first-order valence-corrected chi connectivity index (χ1v) is 13.5. The second kappa shape index (κ2) is 9.37. The van der Waals surface area contributed by atoms with Crippen LogP contribution in [0.3, 0.4) is 0 Å². The molecule has 5 rings (SSSR count). The molecule has 0 aliphatic carbocycles. The van der Waals surface area contributed by atoms with Gasteiger partial charge in [-0.25, -0.2) is 0 Å². The molecule has 2 amide bonds. The van der Waals surface area contributed by atoms with E-state index in [1.807, 2.05) is 4.90 Å². The summed E-state index contributed by atoms with van der Waals surface area (Å²) in [7, 11) is 0. The van der Waals surface area contributed by atoms with E-state index in [1.54, 1.807) is 25.2 Å². The molecule has 4 aliphatic rings. The number of thiophene rings is 1. The van der Waals surface area contributed by atoms with Crippen molar-refractivity contribution < 1.29 is 9.59 Å². The van der Waals surface area contributed by atoms with Crippen LogP contribution in [0.4, 0.5) is 0 Å². The van der Waals surface area contributed by atoms with Crippen molar-refractivity contribution in [2.45, 2.75) is 95.5 Å². The number of nitrogens with zero attached hydrogens (tertiary/aromatic N) is 4. The first kappa shape index (κ1) is 22.8. The summed E-state index contributed by atoms with van der Waals surface area (Å²) >= 11 is 1.69. The van der Waals surface area contributed by atoms with Crippen molar-refractivity contribution in [3.8, 4) is 0 Å². The molecule has 0 spiro atoms. The summed E-state index contributed by atoms with van der Waals surface area (Å²) < 4.78 is 0. The van der Waals surface area contributed by atoms with Crippen molar-refractivity contribution >= 4 is 29.0 Å². The Hall–Kier alpha value is -1.93. The van der Waals surface area contributed by atoms with Gasteiger partial charge >= 0.3 is 0 Å². The third kappa shape index (κ3) is 4.56. The van der Waals surface area contributed by atoms with Crippen LogP contribution in [0, 0.1) is 0 Å². The molecule has 2 bridgehead atoms. The van der Waals surface area contributed by atoms with E-state index in [4.69, 9.17) is 4.99 Å². The van der Waals surface area contributed by atoms with Crippen LogP contribution in [-0.4, -0.2) is 82.2 Å². The molecule has 180 valence electrons. The maximum Gasteiger partial charge on any atom is 0.219 e. The van der Waals surface area contributed by atoms with Crippen LogP contribution in [0.2, 0.25) is 0 Å². The predicted molar refractivity (Wildman–Crippen MR) is 131 cm³/mol. The minimum absolute atomic E-state index is 0.0436. The van der Waals surface area contributed by atoms with E-state index in [9.17, 15) is 9.59 Å². The summed E-state index contributed by atoms with van der Waals surface area (Å²) in [6.45, 7) is 8.12. The average molecular weight is 472 g/mol. The smallest absolute Gasteiger partial charge is 0.219 e. The number of hydrogen-bond donors (Lipinski definition) is 1. The fourth-order valence-corrected chi connectivity index (χ4v) is 7.61. The van der Waals surface area contributed by atoms with Gasteiger partial charge in [0.25, 0.3) is 0 Å². The lowest BCUT2D eigenvalue weighted by atomic mass is 9.91. The summed E-state index contributed by atoms with van der Waals surface area (Å²) in [5, 5.41) is 7.41. The molecule has 7 nitrogen and oxygen atoms in total. The molecule has 5 heterocycles. The molecule has 4 aliphatic heterocycles. The van der Waals surface area contributed by atoms with E-state index in [-0.39, 0.29) is 23.9 Å². The van der Waals surface area contributed by atoms with Crippen molar-refractivity contribution in [1.29, 1.82) is 0 Å². The number of carbonyl (C=O) groups excluding carboxylic acids is 2. The van der Waals surface area contributed by atoms with Gasteiger partial charge in [-0.05, 0) is 67.8 Å². The Morgan fingerprint density at radius 3 is 2.58 bits per heavy atom. The molecule has 0 saturated carbocycles. The lowest BCUT2D eigenvalue weighted by molar-refractivity contribution is -0.130. The zero-order chi connectivity index (χ0) is 23.1. The second-order valence-corrected chi connectivity index (χ2v) is 11.1. The SMILES string of the molecule is CC(=O)N[C@@H](CCN1C2CCC1CC(N1C(C)=NC3CN(C(C)=O)CCC31)C2)c1ccsc1. The highest BCUT2D eigenvalue weighted by atomic mass is 32.1. The third-order valence-corrected chi connectivity index (χ3v) is 9.03. The Morgan fingerprint density at radius 1 is 1.18 bits per heavy atom. The maximum atomic E-state index is 11.9. The van der Waals surface area contributed by atoms with E-state index in [0.29, 0.717) is 24.2 Å². The first-order valence-electron chi connectivity index (χ1n) is 12.5. The number of hydrogen-bond acceptors (Lipinski definition) is 6. The average Bonchev–Trinajstić information content (AvgIpc) is 3.46. The van der Waals surface area contributed by atoms with Gasteiger partial charge in [-0.2, -0.15) is 11.3 Å². The van der Waals surface area contributed by atoms with Gasteiger partial charge in [-0.15, -0.1) is 0 Å². The van der Waals surface area contributed by atoms with Crippen molar-refractivity contribution in [3.63, 3.8) is 0 Å². The van der Waals surface area contributed by atoms with Gasteiger partial charge in [0.15, 0.2) is 0 Å². The molecular formula is C25H37N5O2S. The fourth-order valence-electron chi connectivity index (χ4n) is 6.89. The zero-order valence-electron chi connectivity index (χ0n) is 20.1. The number of aliphatic imine (C=N–C) groups is 1. The Labute approximate surface area is 201 Å². The molecule has 8 heteroatoms. The van der Waals surface area contributed by atoms with E-state index in [1.165, 1.54) is 37.1 Å². The van der Waals surface area contributed by atoms with Gasteiger partial charge in [-0.3, -0.25) is 19.5 Å². The molecule has 1 aromatic heterocycles. The topological polar surface area (TPSA) is 68.2 Å². The van der Waals surface area contributed by atoms with Crippen molar-refractivity contribution in [2.24, 2.45) is 4.99 Å². The minimum Gasteiger partial charge on any atom is -0.352 e. The monoisotopic (exact) mass is 471 g/mol. The molecule has 5 atom stereocenters. The number of carbonyl (C=O) groups is 2. The number of piperidine rings is 2. The van der Waals surface area contributed by atoms with Crippen molar-refractivity contribution in [3.05, 3.63) is 22.4 Å². The highest BCUT2D eigenvalue weighted by Gasteiger charge is 2.47. The summed E-state index contributed by atoms with van der Waals surface area (Å²) in [5.74, 6) is 1.39. The third-order valence-electron chi connectivity index (χ3n) is 8.33. The molecule has 0 radical (unpaired) electrons. The molecule has 1 N–H and O–H groups in total. The highest BCUT2D eigenvalue weighted by Crippen LogP contribution is 2.41. The van der Waals surface area contributed by atoms with Gasteiger partial charge in [0, 0.05) is 51.6 Å². The normalized spacial score (nSPS) is 32.5. The zero-order valence-corrected chi connectivity index (χ0v) is 20.9. The molecule has 3 saturated heterocycles. The summed E-state index contributed by atoms with van der Waals surface area (Å²) in [6.07, 6.45) is 6.95. The molecule has 4 unspecified atom stereocenters. The molecule has 1 aromatic rings. The van der Waals surface area contributed by atoms with Crippen LogP contribution < -0.4 is 5.32 Å². The molecule has 0 aromatic carbocycles. The van der Waals surface area contributed by atoms with Crippen molar-refractivity contribution in [1.82, 2.24) is 20.0 Å². The van der Waals surface area contributed by atoms with Crippen LogP contribution in [0.25, 0.3) is 0 Å². The number of amidine groups is 1. The number of likely N-dealkylation sites (tertiary alicyclic amines) is 1. The second-order valence-electron chi connectivity index (χ2n) is 10.3. The lowest BCUT2D eigenvalue weighted by Crippen LogP contribution is -2.57. The molecule has 33 heavy (non-hydrogen) atoms. The standard InChI is InChI=1S/C25H37N5O2S/c1-16-26-24-14-28(18(3)32)9-7-25(24)30(16)22-12-20-4-5-21(13-22)29(20)10-6-23(27-17(2)31)19-8-11-33-15-19/h8,11,15,20-25H,4-7,9-10,12-14H2,1-3H3,(H,27,31)/t20?,21?,22?,23-,24?,25?/m0/s1.